The van der Waals surface area contributed by atoms with E-state index in [4.69, 9.17) is 4.74 Å². The molecule has 0 atom stereocenters. The van der Waals surface area contributed by atoms with E-state index in [9.17, 15) is 4.79 Å². The van der Waals surface area contributed by atoms with Crippen molar-refractivity contribution in [2.24, 2.45) is 7.05 Å². The SMILES string of the molecule is CCOC(=O)c1cnn(C)c1CNc1cc(Br)ccc1Br. The number of hydrogen-bond donors (Lipinski definition) is 1. The summed E-state index contributed by atoms with van der Waals surface area (Å²) >= 11 is 6.92. The number of ether oxygens (including phenoxy) is 1. The van der Waals surface area contributed by atoms with Crippen LogP contribution < -0.4 is 5.32 Å². The number of benzene rings is 1. The van der Waals surface area contributed by atoms with Crippen LogP contribution in [0, 0.1) is 0 Å². The minimum Gasteiger partial charge on any atom is -0.462 e. The molecular formula is C14H15Br2N3O2. The Labute approximate surface area is 139 Å². The van der Waals surface area contributed by atoms with Crippen LogP contribution in [-0.2, 0) is 18.3 Å². The quantitative estimate of drug-likeness (QED) is 0.754. The van der Waals surface area contributed by atoms with E-state index in [-0.39, 0.29) is 5.97 Å². The zero-order valence-electron chi connectivity index (χ0n) is 11.7. The highest BCUT2D eigenvalue weighted by molar-refractivity contribution is 9.11. The van der Waals surface area contributed by atoms with Crippen molar-refractivity contribution in [3.63, 3.8) is 0 Å². The van der Waals surface area contributed by atoms with E-state index in [2.05, 4.69) is 42.3 Å². The Morgan fingerprint density at radius 3 is 2.90 bits per heavy atom. The number of hydrogen-bond acceptors (Lipinski definition) is 4. The fourth-order valence-corrected chi connectivity index (χ4v) is 2.61. The number of esters is 1. The summed E-state index contributed by atoms with van der Waals surface area (Å²) in [6.07, 6.45) is 1.53. The van der Waals surface area contributed by atoms with Crippen molar-refractivity contribution in [3.05, 3.63) is 44.6 Å². The first-order chi connectivity index (χ1) is 10.0. The van der Waals surface area contributed by atoms with Crippen molar-refractivity contribution < 1.29 is 9.53 Å². The molecule has 0 spiro atoms. The van der Waals surface area contributed by atoms with Crippen LogP contribution in [0.4, 0.5) is 5.69 Å². The molecule has 0 aliphatic rings. The summed E-state index contributed by atoms with van der Waals surface area (Å²) < 4.78 is 8.64. The average molecular weight is 417 g/mol. The number of nitrogens with one attached hydrogen (secondary N) is 1. The molecule has 1 heterocycles. The van der Waals surface area contributed by atoms with Crippen molar-refractivity contribution in [3.8, 4) is 0 Å². The summed E-state index contributed by atoms with van der Waals surface area (Å²) in [5.41, 5.74) is 2.19. The van der Waals surface area contributed by atoms with Gasteiger partial charge in [0.2, 0.25) is 0 Å². The standard InChI is InChI=1S/C14H15Br2N3O2/c1-3-21-14(20)10-7-18-19(2)13(10)8-17-12-6-9(15)4-5-11(12)16/h4-7,17H,3,8H2,1-2H3. The lowest BCUT2D eigenvalue weighted by Crippen LogP contribution is -2.12. The average Bonchev–Trinajstić information content (AvgIpc) is 2.81. The van der Waals surface area contributed by atoms with Crippen LogP contribution in [0.25, 0.3) is 0 Å². The highest BCUT2D eigenvalue weighted by Crippen LogP contribution is 2.26. The fourth-order valence-electron chi connectivity index (χ4n) is 1.86. The third-order valence-electron chi connectivity index (χ3n) is 2.93. The lowest BCUT2D eigenvalue weighted by atomic mass is 10.2. The molecule has 1 aromatic heterocycles. The molecule has 5 nitrogen and oxygen atoms in total. The van der Waals surface area contributed by atoms with E-state index >= 15 is 0 Å². The summed E-state index contributed by atoms with van der Waals surface area (Å²) in [7, 11) is 1.80. The maximum atomic E-state index is 11.9. The third-order valence-corrected chi connectivity index (χ3v) is 4.12. The van der Waals surface area contributed by atoms with Gasteiger partial charge in [0.05, 0.1) is 25.0 Å². The maximum absolute atomic E-state index is 11.9. The fraction of sp³-hybridized carbons (Fsp3) is 0.286. The van der Waals surface area contributed by atoms with Crippen molar-refractivity contribution in [2.45, 2.75) is 13.5 Å². The maximum Gasteiger partial charge on any atom is 0.341 e. The zero-order valence-corrected chi connectivity index (χ0v) is 14.9. The van der Waals surface area contributed by atoms with E-state index in [0.717, 1.165) is 20.3 Å². The first kappa shape index (κ1) is 16.0. The molecule has 112 valence electrons. The first-order valence-corrected chi connectivity index (χ1v) is 7.98. The monoisotopic (exact) mass is 415 g/mol. The molecule has 7 heteroatoms. The van der Waals surface area contributed by atoms with E-state index in [1.165, 1.54) is 6.20 Å². The van der Waals surface area contributed by atoms with Crippen molar-refractivity contribution >= 4 is 43.5 Å². The summed E-state index contributed by atoms with van der Waals surface area (Å²) in [6.45, 7) is 2.60. The van der Waals surface area contributed by atoms with Gasteiger partial charge in [0.1, 0.15) is 5.56 Å². The second-order valence-electron chi connectivity index (χ2n) is 4.33. The van der Waals surface area contributed by atoms with Crippen molar-refractivity contribution in [2.75, 3.05) is 11.9 Å². The lowest BCUT2D eigenvalue weighted by Gasteiger charge is -2.11. The van der Waals surface area contributed by atoms with Gasteiger partial charge < -0.3 is 10.1 Å². The summed E-state index contributed by atoms with van der Waals surface area (Å²) in [6, 6.07) is 5.86. The van der Waals surface area contributed by atoms with Crippen molar-refractivity contribution in [1.29, 1.82) is 0 Å². The molecule has 0 unspecified atom stereocenters. The van der Waals surface area contributed by atoms with Gasteiger partial charge in [-0.15, -0.1) is 0 Å². The van der Waals surface area contributed by atoms with Gasteiger partial charge >= 0.3 is 5.97 Å². The highest BCUT2D eigenvalue weighted by Gasteiger charge is 2.17. The molecule has 1 aromatic carbocycles. The van der Waals surface area contributed by atoms with Gasteiger partial charge in [-0.25, -0.2) is 4.79 Å². The van der Waals surface area contributed by atoms with Gasteiger partial charge in [-0.05, 0) is 41.1 Å². The van der Waals surface area contributed by atoms with Crippen LogP contribution in [0.1, 0.15) is 23.0 Å². The minimum atomic E-state index is -0.351. The van der Waals surface area contributed by atoms with Crippen LogP contribution in [0.5, 0.6) is 0 Å². The zero-order chi connectivity index (χ0) is 15.4. The molecule has 0 saturated carbocycles. The highest BCUT2D eigenvalue weighted by atomic mass is 79.9. The van der Waals surface area contributed by atoms with Gasteiger partial charge in [-0.1, -0.05) is 15.9 Å². The number of carbonyl (C=O) groups is 1. The normalized spacial score (nSPS) is 10.5. The van der Waals surface area contributed by atoms with Gasteiger partial charge in [-0.3, -0.25) is 4.68 Å². The predicted octanol–water partition coefficient (Wildman–Crippen LogP) is 3.73. The Morgan fingerprint density at radius 1 is 1.43 bits per heavy atom. The Balaban J connectivity index is 2.18. The van der Waals surface area contributed by atoms with E-state index < -0.39 is 0 Å². The Kier molecular flexibility index (Phi) is 5.41. The number of aryl methyl sites for hydroxylation is 1. The summed E-state index contributed by atoms with van der Waals surface area (Å²) in [5, 5.41) is 7.42. The van der Waals surface area contributed by atoms with Crippen LogP contribution in [0.3, 0.4) is 0 Å². The molecule has 0 fully saturated rings. The van der Waals surface area contributed by atoms with E-state index in [1.54, 1.807) is 18.7 Å². The smallest absolute Gasteiger partial charge is 0.341 e. The molecule has 2 rings (SSSR count). The molecule has 0 aliphatic carbocycles. The summed E-state index contributed by atoms with van der Waals surface area (Å²) in [4.78, 5) is 11.9. The number of carbonyl (C=O) groups excluding carboxylic acids is 1. The molecule has 21 heavy (non-hydrogen) atoms. The minimum absolute atomic E-state index is 0.345. The van der Waals surface area contributed by atoms with Crippen LogP contribution in [-0.4, -0.2) is 22.4 Å². The molecule has 0 aliphatic heterocycles. The topological polar surface area (TPSA) is 56.1 Å². The Bertz CT molecular complexity index is 656. The first-order valence-electron chi connectivity index (χ1n) is 6.39. The molecular weight excluding hydrogens is 402 g/mol. The molecule has 0 bridgehead atoms. The lowest BCUT2D eigenvalue weighted by molar-refractivity contribution is 0.0525. The van der Waals surface area contributed by atoms with Crippen LogP contribution >= 0.6 is 31.9 Å². The second-order valence-corrected chi connectivity index (χ2v) is 6.10. The largest absolute Gasteiger partial charge is 0.462 e. The number of anilines is 1. The Hall–Kier alpha value is -1.34. The summed E-state index contributed by atoms with van der Waals surface area (Å²) in [5.74, 6) is -0.351. The van der Waals surface area contributed by atoms with E-state index in [1.807, 2.05) is 18.2 Å². The predicted molar refractivity (Wildman–Crippen MR) is 88.3 cm³/mol. The molecule has 0 amide bonds. The van der Waals surface area contributed by atoms with Crippen LogP contribution in [0.15, 0.2) is 33.3 Å². The van der Waals surface area contributed by atoms with Gasteiger partial charge in [0.15, 0.2) is 0 Å². The van der Waals surface area contributed by atoms with Crippen LogP contribution in [0.2, 0.25) is 0 Å². The second kappa shape index (κ2) is 7.09. The van der Waals surface area contributed by atoms with E-state index in [0.29, 0.717) is 18.7 Å². The molecule has 2 aromatic rings. The number of rotatable bonds is 5. The van der Waals surface area contributed by atoms with Crippen molar-refractivity contribution in [1.82, 2.24) is 9.78 Å². The number of aromatic nitrogens is 2. The molecule has 0 radical (unpaired) electrons. The van der Waals surface area contributed by atoms with Gasteiger partial charge in [0, 0.05) is 21.7 Å². The number of halogens is 2. The molecule has 1 N–H and O–H groups in total. The van der Waals surface area contributed by atoms with Gasteiger partial charge in [0.25, 0.3) is 0 Å². The Morgan fingerprint density at radius 2 is 2.19 bits per heavy atom. The number of nitrogens with zero attached hydrogens (tertiary/aromatic N) is 2. The van der Waals surface area contributed by atoms with Gasteiger partial charge in [-0.2, -0.15) is 5.10 Å². The third kappa shape index (κ3) is 3.85. The molecule has 0 saturated heterocycles.